The van der Waals surface area contributed by atoms with Crippen LogP contribution in [-0.2, 0) is 6.54 Å². The summed E-state index contributed by atoms with van der Waals surface area (Å²) in [6, 6.07) is 10.3. The summed E-state index contributed by atoms with van der Waals surface area (Å²) in [6.45, 7) is 19.8. The molecule has 1 aliphatic carbocycles. The normalized spacial score (nSPS) is 18.3. The Morgan fingerprint density at radius 2 is 1.42 bits per heavy atom. The lowest BCUT2D eigenvalue weighted by Gasteiger charge is -2.19. The molecule has 2 N–H and O–H groups in total. The fraction of sp³-hybridized carbons (Fsp3) is 0.655. The molecule has 0 bridgehead atoms. The maximum atomic E-state index is 3.73. The van der Waals surface area contributed by atoms with Crippen LogP contribution in [0, 0.1) is 17.8 Å². The highest BCUT2D eigenvalue weighted by Crippen LogP contribution is 2.24. The Morgan fingerprint density at radius 3 is 2.00 bits per heavy atom. The molecule has 1 aliphatic rings. The highest BCUT2D eigenvalue weighted by molar-refractivity contribution is 5.74. The van der Waals surface area contributed by atoms with E-state index in [1.807, 2.05) is 13.8 Å². The second-order valence-corrected chi connectivity index (χ2v) is 9.90. The van der Waals surface area contributed by atoms with Crippen molar-refractivity contribution in [1.29, 1.82) is 0 Å². The largest absolute Gasteiger partial charge is 0.314 e. The Hall–Kier alpha value is -1.38. The van der Waals surface area contributed by atoms with Gasteiger partial charge in [0.1, 0.15) is 0 Å². The molecule has 3 atom stereocenters. The Labute approximate surface area is 194 Å². The van der Waals surface area contributed by atoms with Crippen molar-refractivity contribution in [1.82, 2.24) is 10.6 Å². The minimum absolute atomic E-state index is 0.566. The predicted molar refractivity (Wildman–Crippen MR) is 140 cm³/mol. The van der Waals surface area contributed by atoms with Crippen LogP contribution in [-0.4, -0.2) is 18.6 Å². The predicted octanol–water partition coefficient (Wildman–Crippen LogP) is 7.61. The standard InChI is InChI=1S/C27H44N2.C2H6/c1-20(2)16-22(5)28-18-24-8-7-9-26(13-10-24)27-14-11-25(12-15-27)19-29-23(6)17-21(3)4;1-2/h9-15,20-24,28-29H,7-8,16-19H2,1-6H3;1-2H3. The van der Waals surface area contributed by atoms with Crippen molar-refractivity contribution >= 4 is 5.57 Å². The van der Waals surface area contributed by atoms with E-state index in [1.165, 1.54) is 36.0 Å². The fourth-order valence-electron chi connectivity index (χ4n) is 4.28. The van der Waals surface area contributed by atoms with Crippen molar-refractivity contribution in [3.8, 4) is 0 Å². The van der Waals surface area contributed by atoms with E-state index in [1.54, 1.807) is 0 Å². The van der Waals surface area contributed by atoms with Crippen molar-refractivity contribution in [3.05, 3.63) is 53.6 Å². The number of allylic oxidation sites excluding steroid dienone is 3. The van der Waals surface area contributed by atoms with Gasteiger partial charge in [-0.3, -0.25) is 0 Å². The van der Waals surface area contributed by atoms with Gasteiger partial charge in [-0.15, -0.1) is 0 Å². The summed E-state index contributed by atoms with van der Waals surface area (Å²) in [6.07, 6.45) is 12.0. The molecule has 0 amide bonds. The SMILES string of the molecule is CC.CC(C)CC(C)NCc1ccc(C2=CCCC(CNC(C)CC(C)C)C=C2)cc1. The van der Waals surface area contributed by atoms with Crippen LogP contribution < -0.4 is 10.6 Å². The number of rotatable bonds is 11. The third-order valence-corrected chi connectivity index (χ3v) is 5.77. The molecular weight excluding hydrogens is 376 g/mol. The summed E-state index contributed by atoms with van der Waals surface area (Å²) >= 11 is 0. The van der Waals surface area contributed by atoms with Gasteiger partial charge in [0.2, 0.25) is 0 Å². The first-order chi connectivity index (χ1) is 14.8. The lowest BCUT2D eigenvalue weighted by Crippen LogP contribution is -2.31. The molecule has 2 nitrogen and oxygen atoms in total. The van der Waals surface area contributed by atoms with Crippen LogP contribution in [0.25, 0.3) is 5.57 Å². The van der Waals surface area contributed by atoms with Crippen LogP contribution in [0.1, 0.15) is 92.2 Å². The number of hydrogen-bond acceptors (Lipinski definition) is 2. The number of hydrogen-bond donors (Lipinski definition) is 2. The molecule has 1 aromatic carbocycles. The van der Waals surface area contributed by atoms with Gasteiger partial charge in [-0.05, 0) is 74.0 Å². The second kappa shape index (κ2) is 15.4. The van der Waals surface area contributed by atoms with Gasteiger partial charge in [0.05, 0.1) is 0 Å². The van der Waals surface area contributed by atoms with Crippen molar-refractivity contribution in [2.45, 2.75) is 99.7 Å². The van der Waals surface area contributed by atoms with Crippen LogP contribution in [0.15, 0.2) is 42.5 Å². The van der Waals surface area contributed by atoms with Gasteiger partial charge in [-0.2, -0.15) is 0 Å². The molecule has 0 aromatic heterocycles. The Morgan fingerprint density at radius 1 is 0.839 bits per heavy atom. The van der Waals surface area contributed by atoms with Crippen LogP contribution in [0.3, 0.4) is 0 Å². The summed E-state index contributed by atoms with van der Waals surface area (Å²) in [5.74, 6) is 2.13. The van der Waals surface area contributed by atoms with Crippen molar-refractivity contribution in [3.63, 3.8) is 0 Å². The Balaban J connectivity index is 0.00000233. The summed E-state index contributed by atoms with van der Waals surface area (Å²) < 4.78 is 0. The molecule has 2 heteroatoms. The Bertz CT molecular complexity index is 639. The topological polar surface area (TPSA) is 24.1 Å². The van der Waals surface area contributed by atoms with E-state index in [0.29, 0.717) is 18.0 Å². The second-order valence-electron chi connectivity index (χ2n) is 9.90. The average molecular weight is 427 g/mol. The first-order valence-electron chi connectivity index (χ1n) is 12.8. The lowest BCUT2D eigenvalue weighted by atomic mass is 10.0. The minimum Gasteiger partial charge on any atom is -0.314 e. The van der Waals surface area contributed by atoms with Gasteiger partial charge in [0, 0.05) is 25.2 Å². The summed E-state index contributed by atoms with van der Waals surface area (Å²) in [5.41, 5.74) is 4.07. The van der Waals surface area contributed by atoms with Gasteiger partial charge in [-0.25, -0.2) is 0 Å². The van der Waals surface area contributed by atoms with Crippen molar-refractivity contribution in [2.75, 3.05) is 6.54 Å². The highest BCUT2D eigenvalue weighted by Gasteiger charge is 2.12. The third-order valence-electron chi connectivity index (χ3n) is 5.77. The van der Waals surface area contributed by atoms with E-state index >= 15 is 0 Å². The maximum absolute atomic E-state index is 3.73. The fourth-order valence-corrected chi connectivity index (χ4v) is 4.28. The number of nitrogens with one attached hydrogen (secondary N) is 2. The molecule has 0 saturated carbocycles. The lowest BCUT2D eigenvalue weighted by molar-refractivity contribution is 0.413. The van der Waals surface area contributed by atoms with Crippen molar-refractivity contribution < 1.29 is 0 Å². The molecule has 0 radical (unpaired) electrons. The van der Waals surface area contributed by atoms with Gasteiger partial charge in [0.25, 0.3) is 0 Å². The summed E-state index contributed by atoms with van der Waals surface area (Å²) in [7, 11) is 0. The van der Waals surface area contributed by atoms with Crippen molar-refractivity contribution in [2.24, 2.45) is 17.8 Å². The van der Waals surface area contributed by atoms with E-state index < -0.39 is 0 Å². The maximum Gasteiger partial charge on any atom is 0.0207 e. The van der Waals surface area contributed by atoms with Gasteiger partial charge < -0.3 is 10.6 Å². The molecule has 0 fully saturated rings. The van der Waals surface area contributed by atoms with Crippen LogP contribution >= 0.6 is 0 Å². The zero-order valence-electron chi connectivity index (χ0n) is 21.7. The average Bonchev–Trinajstić information content (AvgIpc) is 2.97. The first-order valence-corrected chi connectivity index (χ1v) is 12.8. The summed E-state index contributed by atoms with van der Waals surface area (Å²) in [5, 5.41) is 7.37. The molecule has 3 unspecified atom stereocenters. The minimum atomic E-state index is 0.566. The molecule has 0 aliphatic heterocycles. The highest BCUT2D eigenvalue weighted by atomic mass is 14.9. The van der Waals surface area contributed by atoms with E-state index in [-0.39, 0.29) is 0 Å². The van der Waals surface area contributed by atoms with Crippen LogP contribution in [0.4, 0.5) is 0 Å². The molecule has 2 rings (SSSR count). The third kappa shape index (κ3) is 11.7. The molecular formula is C29H50N2. The molecule has 1 aromatic rings. The van der Waals surface area contributed by atoms with E-state index in [2.05, 4.69) is 94.7 Å². The molecule has 31 heavy (non-hydrogen) atoms. The van der Waals surface area contributed by atoms with Gasteiger partial charge >= 0.3 is 0 Å². The molecule has 0 saturated heterocycles. The van der Waals surface area contributed by atoms with Gasteiger partial charge in [-0.1, -0.05) is 84.0 Å². The summed E-state index contributed by atoms with van der Waals surface area (Å²) in [4.78, 5) is 0. The van der Waals surface area contributed by atoms with Gasteiger partial charge in [0.15, 0.2) is 0 Å². The van der Waals surface area contributed by atoms with E-state index in [4.69, 9.17) is 0 Å². The molecule has 0 heterocycles. The molecule has 0 spiro atoms. The monoisotopic (exact) mass is 426 g/mol. The van der Waals surface area contributed by atoms with Crippen LogP contribution in [0.5, 0.6) is 0 Å². The quantitative estimate of drug-likeness (QED) is 0.380. The zero-order chi connectivity index (χ0) is 23.2. The molecule has 176 valence electrons. The zero-order valence-corrected chi connectivity index (χ0v) is 21.7. The van der Waals surface area contributed by atoms with Crippen LogP contribution in [0.2, 0.25) is 0 Å². The first kappa shape index (κ1) is 27.7. The smallest absolute Gasteiger partial charge is 0.0207 e. The van der Waals surface area contributed by atoms with E-state index in [9.17, 15) is 0 Å². The Kier molecular flexibility index (Phi) is 13.8. The number of benzene rings is 1. The van der Waals surface area contributed by atoms with E-state index in [0.717, 1.165) is 31.3 Å².